The zero-order valence-electron chi connectivity index (χ0n) is 10.2. The smallest absolute Gasteiger partial charge is 0.209 e. The second-order valence-corrected chi connectivity index (χ2v) is 6.33. The van der Waals surface area contributed by atoms with Crippen molar-refractivity contribution in [2.75, 3.05) is 12.3 Å². The van der Waals surface area contributed by atoms with Crippen molar-refractivity contribution in [1.82, 2.24) is 5.32 Å². The van der Waals surface area contributed by atoms with E-state index in [9.17, 15) is 8.42 Å². The number of halogens is 1. The topological polar surface area (TPSA) is 85.3 Å². The van der Waals surface area contributed by atoms with E-state index in [0.29, 0.717) is 24.7 Å². The highest BCUT2D eigenvalue weighted by Gasteiger charge is 2.11. The molecule has 0 aliphatic heterocycles. The number of nitrogens with one attached hydrogen (secondary N) is 1. The van der Waals surface area contributed by atoms with Crippen LogP contribution in [0, 0.1) is 0 Å². The number of rotatable bonds is 6. The number of fused-ring (bicyclic) bond motifs is 1. The summed E-state index contributed by atoms with van der Waals surface area (Å²) in [5, 5.41) is 9.37. The van der Waals surface area contributed by atoms with Crippen molar-refractivity contribution < 1.29 is 12.8 Å². The van der Waals surface area contributed by atoms with Gasteiger partial charge in [0.15, 0.2) is 5.22 Å². The maximum Gasteiger partial charge on any atom is 0.209 e. The standard InChI is InChI=1S/C12H15ClN2O3S/c13-12-10(8-15-6-3-7-19(14,16)17)9-4-1-2-5-11(9)18-12/h1-2,4-5,15H,3,6-8H2,(H2,14,16,17). The molecular formula is C12H15ClN2O3S. The van der Waals surface area contributed by atoms with E-state index in [2.05, 4.69) is 5.32 Å². The Bertz CT molecular complexity index is 667. The van der Waals surface area contributed by atoms with Gasteiger partial charge in [-0.3, -0.25) is 0 Å². The lowest BCUT2D eigenvalue weighted by molar-refractivity contribution is 0.587. The van der Waals surface area contributed by atoms with Crippen LogP contribution in [0.25, 0.3) is 11.0 Å². The minimum atomic E-state index is -3.39. The normalized spacial score (nSPS) is 12.1. The first-order valence-corrected chi connectivity index (χ1v) is 7.94. The number of hydrogen-bond donors (Lipinski definition) is 2. The van der Waals surface area contributed by atoms with Crippen LogP contribution in [0.3, 0.4) is 0 Å². The number of hydrogen-bond acceptors (Lipinski definition) is 4. The van der Waals surface area contributed by atoms with E-state index in [1.165, 1.54) is 0 Å². The number of para-hydroxylation sites is 1. The summed E-state index contributed by atoms with van der Waals surface area (Å²) in [7, 11) is -3.39. The lowest BCUT2D eigenvalue weighted by atomic mass is 10.2. The number of benzene rings is 1. The van der Waals surface area contributed by atoms with E-state index in [1.54, 1.807) is 0 Å². The van der Waals surface area contributed by atoms with Crippen LogP contribution in [0.4, 0.5) is 0 Å². The third-order valence-electron chi connectivity index (χ3n) is 2.73. The average Bonchev–Trinajstić information content (AvgIpc) is 2.64. The first-order chi connectivity index (χ1) is 8.97. The van der Waals surface area contributed by atoms with Crippen LogP contribution in [-0.4, -0.2) is 20.7 Å². The van der Waals surface area contributed by atoms with Crippen molar-refractivity contribution in [2.24, 2.45) is 5.14 Å². The second-order valence-electron chi connectivity index (χ2n) is 4.25. The second kappa shape index (κ2) is 5.92. The zero-order valence-corrected chi connectivity index (χ0v) is 11.8. The highest BCUT2D eigenvalue weighted by molar-refractivity contribution is 7.89. The summed E-state index contributed by atoms with van der Waals surface area (Å²) in [6.45, 7) is 1.08. The molecule has 19 heavy (non-hydrogen) atoms. The molecule has 5 nitrogen and oxygen atoms in total. The van der Waals surface area contributed by atoms with Gasteiger partial charge < -0.3 is 9.73 Å². The average molecular weight is 303 g/mol. The Morgan fingerprint density at radius 1 is 1.32 bits per heavy atom. The van der Waals surface area contributed by atoms with E-state index in [0.717, 1.165) is 16.5 Å². The van der Waals surface area contributed by atoms with Gasteiger partial charge in [0.05, 0.1) is 5.75 Å². The molecule has 0 saturated heterocycles. The summed E-state index contributed by atoms with van der Waals surface area (Å²) in [5.74, 6) is -0.0279. The van der Waals surface area contributed by atoms with Crippen molar-refractivity contribution in [3.8, 4) is 0 Å². The van der Waals surface area contributed by atoms with Gasteiger partial charge in [0, 0.05) is 17.5 Å². The maximum atomic E-state index is 10.8. The van der Waals surface area contributed by atoms with E-state index in [4.69, 9.17) is 21.2 Å². The fourth-order valence-electron chi connectivity index (χ4n) is 1.85. The van der Waals surface area contributed by atoms with Crippen LogP contribution in [0.5, 0.6) is 0 Å². The van der Waals surface area contributed by atoms with Gasteiger partial charge in [-0.1, -0.05) is 18.2 Å². The van der Waals surface area contributed by atoms with Gasteiger partial charge in [-0.2, -0.15) is 0 Å². The van der Waals surface area contributed by atoms with Crippen LogP contribution in [0.15, 0.2) is 28.7 Å². The zero-order chi connectivity index (χ0) is 13.9. The number of primary sulfonamides is 1. The molecule has 1 aromatic heterocycles. The maximum absolute atomic E-state index is 10.8. The van der Waals surface area contributed by atoms with Gasteiger partial charge in [0.2, 0.25) is 10.0 Å². The van der Waals surface area contributed by atoms with E-state index >= 15 is 0 Å². The number of sulfonamides is 1. The summed E-state index contributed by atoms with van der Waals surface area (Å²) in [4.78, 5) is 0. The summed E-state index contributed by atoms with van der Waals surface area (Å²) >= 11 is 6.03. The van der Waals surface area contributed by atoms with E-state index in [-0.39, 0.29) is 5.75 Å². The monoisotopic (exact) mass is 302 g/mol. The fraction of sp³-hybridized carbons (Fsp3) is 0.333. The Morgan fingerprint density at radius 3 is 2.79 bits per heavy atom. The Balaban J connectivity index is 1.93. The first kappa shape index (κ1) is 14.3. The molecule has 1 heterocycles. The van der Waals surface area contributed by atoms with Crippen LogP contribution in [0.1, 0.15) is 12.0 Å². The minimum absolute atomic E-state index is 0.0279. The SMILES string of the molecule is NS(=O)(=O)CCCNCc1c(Cl)oc2ccccc12. The molecule has 0 bridgehead atoms. The lowest BCUT2D eigenvalue weighted by Crippen LogP contribution is -2.22. The molecule has 0 fully saturated rings. The molecule has 0 atom stereocenters. The van der Waals surface area contributed by atoms with Crippen molar-refractivity contribution in [3.05, 3.63) is 35.0 Å². The van der Waals surface area contributed by atoms with Crippen molar-refractivity contribution in [1.29, 1.82) is 0 Å². The molecule has 7 heteroatoms. The predicted molar refractivity (Wildman–Crippen MR) is 75.5 cm³/mol. The molecular weight excluding hydrogens is 288 g/mol. The molecule has 3 N–H and O–H groups in total. The molecule has 2 aromatic rings. The third-order valence-corrected chi connectivity index (χ3v) is 3.90. The van der Waals surface area contributed by atoms with E-state index in [1.807, 2.05) is 24.3 Å². The molecule has 0 radical (unpaired) electrons. The van der Waals surface area contributed by atoms with E-state index < -0.39 is 10.0 Å². The molecule has 0 amide bonds. The summed E-state index contributed by atoms with van der Waals surface area (Å²) in [5.41, 5.74) is 1.63. The molecule has 0 unspecified atom stereocenters. The van der Waals surface area contributed by atoms with Gasteiger partial charge in [-0.15, -0.1) is 0 Å². The third kappa shape index (κ3) is 3.94. The van der Waals surface area contributed by atoms with Gasteiger partial charge in [0.1, 0.15) is 5.58 Å². The molecule has 0 aliphatic carbocycles. The predicted octanol–water partition coefficient (Wildman–Crippen LogP) is 1.85. The van der Waals surface area contributed by atoms with Gasteiger partial charge >= 0.3 is 0 Å². The summed E-state index contributed by atoms with van der Waals surface area (Å²) < 4.78 is 27.0. The molecule has 0 saturated carbocycles. The Morgan fingerprint density at radius 2 is 2.05 bits per heavy atom. The minimum Gasteiger partial charge on any atom is -0.444 e. The lowest BCUT2D eigenvalue weighted by Gasteiger charge is -2.03. The first-order valence-electron chi connectivity index (χ1n) is 5.84. The fourth-order valence-corrected chi connectivity index (χ4v) is 2.64. The molecule has 0 aliphatic rings. The van der Waals surface area contributed by atoms with Crippen LogP contribution >= 0.6 is 11.6 Å². The highest BCUT2D eigenvalue weighted by atomic mass is 35.5. The van der Waals surface area contributed by atoms with Gasteiger partial charge in [-0.05, 0) is 30.6 Å². The molecule has 104 valence electrons. The Kier molecular flexibility index (Phi) is 4.46. The molecule has 1 aromatic carbocycles. The van der Waals surface area contributed by atoms with Crippen LogP contribution in [0.2, 0.25) is 5.22 Å². The Labute approximate surface area is 116 Å². The van der Waals surface area contributed by atoms with Crippen molar-refractivity contribution in [3.63, 3.8) is 0 Å². The number of furan rings is 1. The van der Waals surface area contributed by atoms with Crippen molar-refractivity contribution >= 4 is 32.6 Å². The van der Waals surface area contributed by atoms with Crippen LogP contribution in [-0.2, 0) is 16.6 Å². The molecule has 0 spiro atoms. The van der Waals surface area contributed by atoms with Gasteiger partial charge in [0.25, 0.3) is 0 Å². The summed E-state index contributed by atoms with van der Waals surface area (Å²) in [6, 6.07) is 7.59. The Hall–Kier alpha value is -1.08. The van der Waals surface area contributed by atoms with Gasteiger partial charge in [-0.25, -0.2) is 13.6 Å². The molecule has 2 rings (SSSR count). The summed E-state index contributed by atoms with van der Waals surface area (Å²) in [6.07, 6.45) is 0.465. The number of nitrogens with two attached hydrogens (primary N) is 1. The van der Waals surface area contributed by atoms with Crippen molar-refractivity contribution in [2.45, 2.75) is 13.0 Å². The quantitative estimate of drug-likeness (QED) is 0.798. The van der Waals surface area contributed by atoms with Crippen LogP contribution < -0.4 is 10.5 Å². The largest absolute Gasteiger partial charge is 0.444 e. The highest BCUT2D eigenvalue weighted by Crippen LogP contribution is 2.29.